The lowest BCUT2D eigenvalue weighted by Crippen LogP contribution is -2.29. The Balaban J connectivity index is 1.20. The summed E-state index contributed by atoms with van der Waals surface area (Å²) in [7, 11) is -13.7. The minimum Gasteiger partial charge on any atom is -0.382 e. The first-order chi connectivity index (χ1) is 23.4. The molecule has 0 spiro atoms. The van der Waals surface area contributed by atoms with Crippen molar-refractivity contribution in [1.29, 1.82) is 0 Å². The molecule has 2 unspecified atom stereocenters. The van der Waals surface area contributed by atoms with E-state index in [1.165, 1.54) is 23.4 Å². The molecule has 5 atom stereocenters. The van der Waals surface area contributed by atoms with Crippen molar-refractivity contribution in [3.63, 3.8) is 0 Å². The quantitative estimate of drug-likeness (QED) is 0.0470. The van der Waals surface area contributed by atoms with E-state index in [-0.39, 0.29) is 22.9 Å². The molecule has 0 bridgehead atoms. The van der Waals surface area contributed by atoms with E-state index in [0.717, 1.165) is 11.1 Å². The van der Waals surface area contributed by atoms with Crippen molar-refractivity contribution in [2.45, 2.75) is 56.8 Å². The first kappa shape index (κ1) is 38.8. The van der Waals surface area contributed by atoms with Crippen molar-refractivity contribution < 1.29 is 55.9 Å². The molecule has 3 aromatic heterocycles. The molecular weight excluding hydrogens is 763 g/mol. The largest absolute Gasteiger partial charge is 0.490 e. The van der Waals surface area contributed by atoms with Gasteiger partial charge in [-0.1, -0.05) is 45.9 Å². The summed E-state index contributed by atoms with van der Waals surface area (Å²) in [6, 6.07) is 7.78. The maximum Gasteiger partial charge on any atom is 0.490 e. The molecule has 0 radical (unpaired) electrons. The van der Waals surface area contributed by atoms with Crippen molar-refractivity contribution in [3.8, 4) is 11.4 Å². The molecule has 0 saturated carbocycles. The minimum atomic E-state index is -5.71. The highest BCUT2D eigenvalue weighted by Crippen LogP contribution is 2.66. The van der Waals surface area contributed by atoms with Crippen LogP contribution in [0.1, 0.15) is 37.9 Å². The van der Waals surface area contributed by atoms with Gasteiger partial charge >= 0.3 is 23.5 Å². The molecule has 0 aliphatic carbocycles. The molecule has 1 aliphatic rings. The highest BCUT2D eigenvalue weighted by atomic mass is 33.1. The standard InChI is InChI=1S/C24H32N9O12P3S2/c1-14-29-31-22(32-30-14)16-6-4-15(5-7-16)9-24(2,3)50-49-13-41-17-8-19(33-12-28-20-21(25)26-11-27-23(20)33)43-18(17)10-42-47(37,38)45-48(39,40)44-46(34,35)36/h4-7,11-12,17-19H,8-10,13H2,1-3H3,(H,37,38)(H,39,40)(H2,25,26,27)(H2,34,35,36)/t17-,18-,19-/m1/s1. The van der Waals surface area contributed by atoms with E-state index >= 15 is 0 Å². The Hall–Kier alpha value is -2.46. The van der Waals surface area contributed by atoms with Crippen LogP contribution in [0, 0.1) is 6.92 Å². The van der Waals surface area contributed by atoms with Crippen LogP contribution < -0.4 is 5.73 Å². The number of imidazole rings is 1. The van der Waals surface area contributed by atoms with Gasteiger partial charge in [-0.3, -0.25) is 9.09 Å². The molecule has 1 saturated heterocycles. The number of hydrogen-bond donors (Lipinski definition) is 5. The molecule has 21 nitrogen and oxygen atoms in total. The van der Waals surface area contributed by atoms with Crippen molar-refractivity contribution in [2.24, 2.45) is 0 Å². The average Bonchev–Trinajstić information content (AvgIpc) is 3.62. The first-order valence-electron chi connectivity index (χ1n) is 14.3. The summed E-state index contributed by atoms with van der Waals surface area (Å²) in [6.45, 7) is 5.16. The van der Waals surface area contributed by atoms with Gasteiger partial charge in [0.25, 0.3) is 0 Å². The third kappa shape index (κ3) is 10.8. The molecule has 0 amide bonds. The van der Waals surface area contributed by atoms with Crippen molar-refractivity contribution in [3.05, 3.63) is 48.3 Å². The Morgan fingerprint density at radius 1 is 1.00 bits per heavy atom. The van der Waals surface area contributed by atoms with Crippen LogP contribution in [0.15, 0.2) is 36.9 Å². The van der Waals surface area contributed by atoms with Crippen LogP contribution in [0.3, 0.4) is 0 Å². The van der Waals surface area contributed by atoms with E-state index in [4.69, 9.17) is 29.5 Å². The number of anilines is 1. The fourth-order valence-electron chi connectivity index (χ4n) is 4.73. The number of ether oxygens (including phenoxy) is 2. The number of aromatic nitrogens is 8. The van der Waals surface area contributed by atoms with Gasteiger partial charge in [-0.2, -0.15) is 8.62 Å². The molecule has 1 aliphatic heterocycles. The van der Waals surface area contributed by atoms with E-state index < -0.39 is 48.5 Å². The fraction of sp³-hybridized carbons (Fsp3) is 0.458. The van der Waals surface area contributed by atoms with Crippen LogP contribution in [-0.2, 0) is 42.7 Å². The summed E-state index contributed by atoms with van der Waals surface area (Å²) in [4.78, 5) is 49.4. The van der Waals surface area contributed by atoms with Crippen LogP contribution in [0.5, 0.6) is 0 Å². The zero-order valence-electron chi connectivity index (χ0n) is 26.4. The number of hydrogen-bond acceptors (Lipinski definition) is 18. The maximum atomic E-state index is 12.4. The monoisotopic (exact) mass is 795 g/mol. The van der Waals surface area contributed by atoms with Crippen LogP contribution in [-0.4, -0.2) is 89.0 Å². The number of benzene rings is 1. The fourth-order valence-corrected chi connectivity index (χ4v) is 10.0. The average molecular weight is 796 g/mol. The predicted octanol–water partition coefficient (Wildman–Crippen LogP) is 3.34. The first-order valence-corrected chi connectivity index (χ1v) is 21.1. The van der Waals surface area contributed by atoms with Gasteiger partial charge in [0.2, 0.25) is 5.82 Å². The van der Waals surface area contributed by atoms with Gasteiger partial charge in [-0.15, -0.1) is 20.4 Å². The summed E-state index contributed by atoms with van der Waals surface area (Å²) in [5, 5.41) is 16.0. The van der Waals surface area contributed by atoms with Gasteiger partial charge < -0.3 is 34.8 Å². The second-order valence-electron chi connectivity index (χ2n) is 11.3. The molecular formula is C24H32N9O12P3S2. The number of aryl methyl sites for hydroxylation is 1. The molecule has 1 aromatic carbocycles. The molecule has 6 N–H and O–H groups in total. The second kappa shape index (κ2) is 15.6. The number of rotatable bonds is 16. The summed E-state index contributed by atoms with van der Waals surface area (Å²) in [6.07, 6.45) is 1.04. The van der Waals surface area contributed by atoms with Crippen molar-refractivity contribution in [1.82, 2.24) is 39.9 Å². The van der Waals surface area contributed by atoms with Gasteiger partial charge in [0.1, 0.15) is 30.1 Å². The van der Waals surface area contributed by atoms with Crippen molar-refractivity contribution in [2.75, 3.05) is 18.3 Å². The van der Waals surface area contributed by atoms with Gasteiger partial charge in [0.05, 0.1) is 19.0 Å². The number of phosphoric ester groups is 1. The van der Waals surface area contributed by atoms with Crippen molar-refractivity contribution >= 4 is 62.0 Å². The Morgan fingerprint density at radius 3 is 2.38 bits per heavy atom. The molecule has 4 heterocycles. The lowest BCUT2D eigenvalue weighted by atomic mass is 10.0. The number of fused-ring (bicyclic) bond motifs is 1. The summed E-state index contributed by atoms with van der Waals surface area (Å²) < 4.78 is 61.1. The zero-order chi connectivity index (χ0) is 36.3. The SMILES string of the molecule is Cc1nnc(-c2ccc(CC(C)(C)SSCO[C@@H]3C[C@H](n4cnc5c(N)ncnc54)O[C@@H]3COP(=O)(O)OP(=O)(O)OP(=O)(O)O)cc2)nn1. The summed E-state index contributed by atoms with van der Waals surface area (Å²) in [5.74, 6) is 1.22. The van der Waals surface area contributed by atoms with Crippen LogP contribution in [0.25, 0.3) is 22.6 Å². The predicted molar refractivity (Wildman–Crippen MR) is 179 cm³/mol. The number of nitrogen functional groups attached to an aromatic ring is 1. The van der Waals surface area contributed by atoms with E-state index in [1.54, 1.807) is 22.3 Å². The summed E-state index contributed by atoms with van der Waals surface area (Å²) in [5.41, 5.74) is 8.46. The van der Waals surface area contributed by atoms with Crippen LogP contribution in [0.2, 0.25) is 0 Å². The van der Waals surface area contributed by atoms with Gasteiger partial charge in [0.15, 0.2) is 17.3 Å². The lowest BCUT2D eigenvalue weighted by Gasteiger charge is -2.24. The summed E-state index contributed by atoms with van der Waals surface area (Å²) >= 11 is 0. The Kier molecular flexibility index (Phi) is 12.1. The van der Waals surface area contributed by atoms with E-state index in [2.05, 4.69) is 57.8 Å². The Bertz CT molecular complexity index is 1940. The van der Waals surface area contributed by atoms with Gasteiger partial charge in [0, 0.05) is 16.7 Å². The van der Waals surface area contributed by atoms with Gasteiger partial charge in [-0.25, -0.2) is 28.6 Å². The minimum absolute atomic E-state index is 0.144. The molecule has 1 fully saturated rings. The van der Waals surface area contributed by atoms with Crippen LogP contribution >= 0.6 is 45.1 Å². The van der Waals surface area contributed by atoms with E-state index in [9.17, 15) is 23.5 Å². The third-order valence-corrected chi connectivity index (χ3v) is 13.5. The smallest absolute Gasteiger partial charge is 0.382 e. The maximum absolute atomic E-state index is 12.4. The second-order valence-corrected chi connectivity index (χ2v) is 18.6. The highest BCUT2D eigenvalue weighted by Gasteiger charge is 2.43. The normalized spacial score (nSPS) is 20.9. The number of nitrogens with two attached hydrogens (primary N) is 1. The van der Waals surface area contributed by atoms with E-state index in [0.29, 0.717) is 29.2 Å². The topological polar surface area (TPSA) is 299 Å². The number of nitrogens with zero attached hydrogens (tertiary/aromatic N) is 8. The molecule has 5 rings (SSSR count). The van der Waals surface area contributed by atoms with Gasteiger partial charge in [-0.05, 0) is 32.8 Å². The third-order valence-electron chi connectivity index (χ3n) is 6.73. The molecule has 26 heteroatoms. The van der Waals surface area contributed by atoms with E-state index in [1.807, 2.05) is 24.3 Å². The molecule has 4 aromatic rings. The Labute approximate surface area is 292 Å². The number of phosphoric acid groups is 3. The molecule has 50 heavy (non-hydrogen) atoms. The molecule has 272 valence electrons. The zero-order valence-corrected chi connectivity index (χ0v) is 30.7. The Morgan fingerprint density at radius 2 is 1.70 bits per heavy atom. The highest BCUT2D eigenvalue weighted by molar-refractivity contribution is 8.77. The lowest BCUT2D eigenvalue weighted by molar-refractivity contribution is -0.0522. The van der Waals surface area contributed by atoms with Crippen LogP contribution in [0.4, 0.5) is 5.82 Å².